The topological polar surface area (TPSA) is 34.4 Å². The third-order valence-electron chi connectivity index (χ3n) is 7.61. The number of halogens is 6. The van der Waals surface area contributed by atoms with Crippen molar-refractivity contribution in [1.29, 1.82) is 0 Å². The van der Waals surface area contributed by atoms with Crippen molar-refractivity contribution in [3.8, 4) is 0 Å². The highest BCUT2D eigenvalue weighted by atomic mass is 28.4. The van der Waals surface area contributed by atoms with Crippen LogP contribution in [0.25, 0.3) is 10.9 Å². The number of aromatic nitrogens is 1. The van der Waals surface area contributed by atoms with Gasteiger partial charge in [-0.1, -0.05) is 90.1 Å². The monoisotopic (exact) mass is 559 g/mol. The van der Waals surface area contributed by atoms with Crippen LogP contribution in [0.4, 0.5) is 26.3 Å². The molecule has 0 atom stereocenters. The first-order chi connectivity index (χ1) is 17.5. The fourth-order valence-electron chi connectivity index (χ4n) is 5.99. The predicted molar refractivity (Wildman–Crippen MR) is 139 cm³/mol. The highest BCUT2D eigenvalue weighted by Gasteiger charge is 2.73. The maximum atomic E-state index is 14.3. The summed E-state index contributed by atoms with van der Waals surface area (Å²) in [6, 6.07) is 14.3. The van der Waals surface area contributed by atoms with E-state index in [0.717, 1.165) is 0 Å². The standard InChI is InChI=1S/C28H35F6NO2Si/c1-18(2)38(19(3)4,20(5)6)37-17-24-25(26(36,27(29,30)31)28(32,33)34)22-14-10-11-15-23(22)35(24)16-21-12-8-7-9-13-21/h7-15,18-20,36H,16-17H2,1-6H3. The van der Waals surface area contributed by atoms with Gasteiger partial charge >= 0.3 is 12.4 Å². The van der Waals surface area contributed by atoms with Crippen molar-refractivity contribution in [2.45, 2.75) is 89.3 Å². The number of benzene rings is 2. The fraction of sp³-hybridized carbons (Fsp3) is 0.500. The van der Waals surface area contributed by atoms with Gasteiger partial charge in [-0.25, -0.2) is 0 Å². The summed E-state index contributed by atoms with van der Waals surface area (Å²) in [5.41, 5.74) is -5.66. The van der Waals surface area contributed by atoms with Crippen LogP contribution in [0.3, 0.4) is 0 Å². The van der Waals surface area contributed by atoms with Gasteiger partial charge < -0.3 is 14.1 Å². The Bertz CT molecular complexity index is 1200. The molecule has 38 heavy (non-hydrogen) atoms. The molecule has 2 aromatic carbocycles. The van der Waals surface area contributed by atoms with Crippen LogP contribution < -0.4 is 0 Å². The summed E-state index contributed by atoms with van der Waals surface area (Å²) in [7, 11) is -2.71. The lowest BCUT2D eigenvalue weighted by Gasteiger charge is -2.42. The third-order valence-corrected chi connectivity index (χ3v) is 13.7. The number of rotatable bonds is 9. The van der Waals surface area contributed by atoms with E-state index in [4.69, 9.17) is 4.43 Å². The van der Waals surface area contributed by atoms with E-state index < -0.39 is 38.4 Å². The van der Waals surface area contributed by atoms with Gasteiger partial charge in [0.1, 0.15) is 0 Å². The number of aliphatic hydroxyl groups is 1. The predicted octanol–water partition coefficient (Wildman–Crippen LogP) is 8.69. The Hall–Kier alpha value is -2.30. The largest absolute Gasteiger partial charge is 0.430 e. The molecule has 0 spiro atoms. The minimum Gasteiger partial charge on any atom is -0.410 e. The Balaban J connectivity index is 2.40. The van der Waals surface area contributed by atoms with Crippen molar-refractivity contribution >= 4 is 19.2 Å². The molecule has 0 aliphatic carbocycles. The average molecular weight is 560 g/mol. The first-order valence-electron chi connectivity index (χ1n) is 12.6. The van der Waals surface area contributed by atoms with E-state index in [1.54, 1.807) is 36.4 Å². The van der Waals surface area contributed by atoms with Crippen molar-refractivity contribution in [3.63, 3.8) is 0 Å². The summed E-state index contributed by atoms with van der Waals surface area (Å²) in [6.45, 7) is 11.4. The molecule has 1 N–H and O–H groups in total. The summed E-state index contributed by atoms with van der Waals surface area (Å²) in [5.74, 6) is 0. The quantitative estimate of drug-likeness (QED) is 0.210. The molecule has 0 aliphatic rings. The first-order valence-corrected chi connectivity index (χ1v) is 14.8. The summed E-state index contributed by atoms with van der Waals surface area (Å²) >= 11 is 0. The lowest BCUT2D eigenvalue weighted by molar-refractivity contribution is -0.376. The zero-order chi connectivity index (χ0) is 28.7. The lowest BCUT2D eigenvalue weighted by atomic mass is 9.89. The molecule has 0 fully saturated rings. The van der Waals surface area contributed by atoms with Gasteiger partial charge in [-0.3, -0.25) is 0 Å². The Morgan fingerprint density at radius 3 is 1.71 bits per heavy atom. The van der Waals surface area contributed by atoms with Crippen LogP contribution in [0.1, 0.15) is 58.4 Å². The molecule has 0 saturated heterocycles. The second-order valence-electron chi connectivity index (χ2n) is 10.7. The molecule has 3 aromatic rings. The summed E-state index contributed by atoms with van der Waals surface area (Å²) in [5, 5.41) is 10.3. The molecule has 3 rings (SSSR count). The Morgan fingerprint density at radius 1 is 0.763 bits per heavy atom. The van der Waals surface area contributed by atoms with E-state index in [9.17, 15) is 31.4 Å². The van der Waals surface area contributed by atoms with Gasteiger partial charge in [0.25, 0.3) is 5.60 Å². The van der Waals surface area contributed by atoms with E-state index in [1.165, 1.54) is 22.8 Å². The van der Waals surface area contributed by atoms with Crippen LogP contribution in [0.15, 0.2) is 54.6 Å². The second kappa shape index (κ2) is 10.7. The molecule has 0 saturated carbocycles. The number of alkyl halides is 6. The Labute approximate surface area is 220 Å². The van der Waals surface area contributed by atoms with E-state index in [0.29, 0.717) is 5.56 Å². The normalized spacial score (nSPS) is 13.9. The Kier molecular flexibility index (Phi) is 8.51. The minimum atomic E-state index is -6.02. The summed E-state index contributed by atoms with van der Waals surface area (Å²) < 4.78 is 93.6. The average Bonchev–Trinajstić information content (AvgIpc) is 3.11. The lowest BCUT2D eigenvalue weighted by Crippen LogP contribution is -2.54. The highest BCUT2D eigenvalue weighted by molar-refractivity contribution is 6.77. The van der Waals surface area contributed by atoms with Crippen molar-refractivity contribution in [2.75, 3.05) is 0 Å². The number of hydrogen-bond donors (Lipinski definition) is 1. The van der Waals surface area contributed by atoms with E-state index in [1.807, 2.05) is 41.5 Å². The number of fused-ring (bicyclic) bond motifs is 1. The van der Waals surface area contributed by atoms with E-state index in [2.05, 4.69) is 0 Å². The molecular weight excluding hydrogens is 524 g/mol. The summed E-state index contributed by atoms with van der Waals surface area (Å²) in [4.78, 5) is 0. The van der Waals surface area contributed by atoms with Crippen LogP contribution in [0.2, 0.25) is 16.6 Å². The molecule has 0 aliphatic heterocycles. The van der Waals surface area contributed by atoms with E-state index >= 15 is 0 Å². The molecule has 1 heterocycles. The zero-order valence-corrected chi connectivity index (χ0v) is 23.4. The summed E-state index contributed by atoms with van der Waals surface area (Å²) in [6.07, 6.45) is -12.0. The van der Waals surface area contributed by atoms with Crippen LogP contribution >= 0.6 is 0 Å². The van der Waals surface area contributed by atoms with Crippen LogP contribution in [-0.4, -0.2) is 30.3 Å². The first kappa shape index (κ1) is 30.2. The van der Waals surface area contributed by atoms with Crippen molar-refractivity contribution in [1.82, 2.24) is 4.57 Å². The van der Waals surface area contributed by atoms with Gasteiger partial charge in [0.15, 0.2) is 0 Å². The minimum absolute atomic E-state index is 0.00539. The molecule has 0 radical (unpaired) electrons. The SMILES string of the molecule is CC(C)[Si](OCc1c(C(O)(C(F)(F)F)C(F)(F)F)c2ccccc2n1Cc1ccccc1)(C(C)C)C(C)C. The fourth-order valence-corrected chi connectivity index (χ4v) is 11.4. The number of hydrogen-bond acceptors (Lipinski definition) is 2. The molecule has 0 unspecified atom stereocenters. The Morgan fingerprint density at radius 2 is 1.24 bits per heavy atom. The molecule has 3 nitrogen and oxygen atoms in total. The maximum Gasteiger partial charge on any atom is 0.430 e. The number of para-hydroxylation sites is 1. The maximum absolute atomic E-state index is 14.3. The van der Waals surface area contributed by atoms with Crippen LogP contribution in [0, 0.1) is 0 Å². The van der Waals surface area contributed by atoms with Gasteiger partial charge in [0, 0.05) is 23.0 Å². The van der Waals surface area contributed by atoms with Crippen LogP contribution in [-0.2, 0) is 23.2 Å². The smallest absolute Gasteiger partial charge is 0.410 e. The van der Waals surface area contributed by atoms with Crippen LogP contribution in [0.5, 0.6) is 0 Å². The van der Waals surface area contributed by atoms with Crippen molar-refractivity contribution < 1.29 is 35.9 Å². The zero-order valence-electron chi connectivity index (χ0n) is 22.4. The van der Waals surface area contributed by atoms with Gasteiger partial charge in [-0.15, -0.1) is 0 Å². The highest BCUT2D eigenvalue weighted by Crippen LogP contribution is 2.54. The molecule has 0 amide bonds. The number of nitrogens with zero attached hydrogens (tertiary/aromatic N) is 1. The van der Waals surface area contributed by atoms with Gasteiger partial charge in [0.2, 0.25) is 8.32 Å². The third kappa shape index (κ3) is 5.02. The molecule has 210 valence electrons. The molecular formula is C28H35F6NO2Si. The molecule has 10 heteroatoms. The molecule has 0 bridgehead atoms. The van der Waals surface area contributed by atoms with E-state index in [-0.39, 0.29) is 39.8 Å². The van der Waals surface area contributed by atoms with Gasteiger partial charge in [-0.2, -0.15) is 26.3 Å². The van der Waals surface area contributed by atoms with Crippen molar-refractivity contribution in [3.05, 3.63) is 71.4 Å². The molecule has 1 aromatic heterocycles. The van der Waals surface area contributed by atoms with Crippen molar-refractivity contribution in [2.24, 2.45) is 0 Å². The van der Waals surface area contributed by atoms with Gasteiger partial charge in [0.05, 0.1) is 12.3 Å². The van der Waals surface area contributed by atoms with Gasteiger partial charge in [-0.05, 0) is 28.3 Å². The second-order valence-corrected chi connectivity index (χ2v) is 16.2.